The molecule has 0 fully saturated rings. The quantitative estimate of drug-likeness (QED) is 0.684. The van der Waals surface area contributed by atoms with Gasteiger partial charge < -0.3 is 14.6 Å². The van der Waals surface area contributed by atoms with Crippen LogP contribution >= 0.6 is 0 Å². The molecule has 0 radical (unpaired) electrons. The molecule has 0 aliphatic heterocycles. The van der Waals surface area contributed by atoms with Crippen molar-refractivity contribution in [3.63, 3.8) is 0 Å². The third kappa shape index (κ3) is 4.76. The van der Waals surface area contributed by atoms with Crippen LogP contribution in [0.25, 0.3) is 0 Å². The first-order valence-electron chi connectivity index (χ1n) is 9.02. The molecule has 0 aliphatic rings. The van der Waals surface area contributed by atoms with Gasteiger partial charge in [-0.15, -0.1) is 0 Å². The van der Waals surface area contributed by atoms with Gasteiger partial charge in [-0.1, -0.05) is 41.6 Å². The van der Waals surface area contributed by atoms with Crippen LogP contribution < -0.4 is 10.1 Å². The van der Waals surface area contributed by atoms with Gasteiger partial charge in [-0.3, -0.25) is 4.79 Å². The number of ether oxygens (including phenoxy) is 1. The van der Waals surface area contributed by atoms with Gasteiger partial charge in [-0.05, 0) is 50.5 Å². The van der Waals surface area contributed by atoms with Crippen LogP contribution in [0.3, 0.4) is 0 Å². The lowest BCUT2D eigenvalue weighted by molar-refractivity contribution is 0.0949. The fourth-order valence-electron chi connectivity index (χ4n) is 2.85. The van der Waals surface area contributed by atoms with Crippen molar-refractivity contribution in [3.05, 3.63) is 82.2 Å². The Morgan fingerprint density at radius 3 is 2.59 bits per heavy atom. The van der Waals surface area contributed by atoms with Gasteiger partial charge in [0.1, 0.15) is 18.1 Å². The van der Waals surface area contributed by atoms with Crippen LogP contribution in [0.1, 0.15) is 38.5 Å². The van der Waals surface area contributed by atoms with Crippen molar-refractivity contribution in [2.24, 2.45) is 0 Å². The van der Waals surface area contributed by atoms with Crippen molar-refractivity contribution in [1.29, 1.82) is 0 Å². The molecule has 3 rings (SSSR count). The fraction of sp³-hybridized carbons (Fsp3) is 0.273. The van der Waals surface area contributed by atoms with E-state index in [1.54, 1.807) is 6.07 Å². The number of carbonyl (C=O) groups excluding carboxylic acids is 1. The molecule has 1 amide bonds. The van der Waals surface area contributed by atoms with Crippen LogP contribution in [0.5, 0.6) is 5.75 Å². The number of hydrogen-bond donors (Lipinski definition) is 1. The minimum absolute atomic E-state index is 0.139. The average molecular weight is 364 g/mol. The van der Waals surface area contributed by atoms with Gasteiger partial charge in [-0.2, -0.15) is 0 Å². The van der Waals surface area contributed by atoms with Crippen LogP contribution in [0.4, 0.5) is 0 Å². The number of rotatable bonds is 7. The molecule has 3 aromatic rings. The van der Waals surface area contributed by atoms with E-state index in [1.165, 1.54) is 5.56 Å². The minimum Gasteiger partial charge on any atom is -0.488 e. The van der Waals surface area contributed by atoms with Gasteiger partial charge in [0, 0.05) is 6.54 Å². The van der Waals surface area contributed by atoms with E-state index in [-0.39, 0.29) is 5.91 Å². The van der Waals surface area contributed by atoms with E-state index in [9.17, 15) is 4.79 Å². The van der Waals surface area contributed by atoms with Gasteiger partial charge in [0.25, 0.3) is 5.91 Å². The largest absolute Gasteiger partial charge is 0.488 e. The normalized spacial score (nSPS) is 10.6. The maximum Gasteiger partial charge on any atom is 0.255 e. The van der Waals surface area contributed by atoms with E-state index in [4.69, 9.17) is 9.26 Å². The number of nitrogens with one attached hydrogen (secondary N) is 1. The Hall–Kier alpha value is -3.08. The van der Waals surface area contributed by atoms with Gasteiger partial charge in [0.2, 0.25) is 0 Å². The molecular formula is C22H24N2O3. The SMILES string of the molecule is Cc1ccc(C(=O)NCCc2ccccc2)c(OCc2c(C)noc2C)c1. The van der Waals surface area contributed by atoms with Crippen molar-refractivity contribution in [3.8, 4) is 5.75 Å². The zero-order valence-corrected chi connectivity index (χ0v) is 15.9. The molecule has 140 valence electrons. The van der Waals surface area contributed by atoms with Gasteiger partial charge in [0.05, 0.1) is 16.8 Å². The summed E-state index contributed by atoms with van der Waals surface area (Å²) in [7, 11) is 0. The number of carbonyl (C=O) groups is 1. The molecule has 0 aliphatic carbocycles. The smallest absolute Gasteiger partial charge is 0.255 e. The third-order valence-electron chi connectivity index (χ3n) is 4.48. The van der Waals surface area contributed by atoms with Crippen LogP contribution in [0.15, 0.2) is 53.1 Å². The maximum atomic E-state index is 12.6. The zero-order chi connectivity index (χ0) is 19.2. The molecule has 1 N–H and O–H groups in total. The van der Waals surface area contributed by atoms with Gasteiger partial charge >= 0.3 is 0 Å². The maximum absolute atomic E-state index is 12.6. The molecule has 0 bridgehead atoms. The lowest BCUT2D eigenvalue weighted by atomic mass is 10.1. The number of aryl methyl sites for hydroxylation is 3. The first-order chi connectivity index (χ1) is 13.0. The summed E-state index contributed by atoms with van der Waals surface area (Å²) in [6.45, 7) is 6.59. The molecule has 0 unspecified atom stereocenters. The van der Waals surface area contributed by atoms with Crippen LogP contribution in [0, 0.1) is 20.8 Å². The lowest BCUT2D eigenvalue weighted by Gasteiger charge is -2.13. The molecule has 5 nitrogen and oxygen atoms in total. The first-order valence-corrected chi connectivity index (χ1v) is 9.02. The average Bonchev–Trinajstić information content (AvgIpc) is 2.98. The summed E-state index contributed by atoms with van der Waals surface area (Å²) in [5, 5.41) is 6.91. The molecule has 0 spiro atoms. The molecule has 0 atom stereocenters. The third-order valence-corrected chi connectivity index (χ3v) is 4.48. The summed E-state index contributed by atoms with van der Waals surface area (Å²) in [6, 6.07) is 15.7. The molecule has 1 aromatic heterocycles. The van der Waals surface area contributed by atoms with E-state index in [0.29, 0.717) is 24.5 Å². The van der Waals surface area contributed by atoms with E-state index in [0.717, 1.165) is 29.0 Å². The summed E-state index contributed by atoms with van der Waals surface area (Å²) in [5.41, 5.74) is 4.46. The Kier molecular flexibility index (Phi) is 5.91. The Morgan fingerprint density at radius 2 is 1.89 bits per heavy atom. The molecular weight excluding hydrogens is 340 g/mol. The monoisotopic (exact) mass is 364 g/mol. The second-order valence-electron chi connectivity index (χ2n) is 6.58. The molecule has 2 aromatic carbocycles. The minimum atomic E-state index is -0.139. The lowest BCUT2D eigenvalue weighted by Crippen LogP contribution is -2.26. The molecule has 0 saturated heterocycles. The Labute approximate surface area is 159 Å². The second kappa shape index (κ2) is 8.54. The topological polar surface area (TPSA) is 64.4 Å². The Morgan fingerprint density at radius 1 is 1.11 bits per heavy atom. The standard InChI is InChI=1S/C22H24N2O3/c1-15-9-10-19(22(25)23-12-11-18-7-5-4-6-8-18)21(13-15)26-14-20-16(2)24-27-17(20)3/h4-10,13H,11-12,14H2,1-3H3,(H,23,25). The first kappa shape index (κ1) is 18.7. The van der Waals surface area contributed by atoms with Crippen LogP contribution in [-0.2, 0) is 13.0 Å². The number of aromatic nitrogens is 1. The summed E-state index contributed by atoms with van der Waals surface area (Å²) < 4.78 is 11.1. The highest BCUT2D eigenvalue weighted by molar-refractivity contribution is 5.97. The predicted molar refractivity (Wildman–Crippen MR) is 104 cm³/mol. The van der Waals surface area contributed by atoms with E-state index in [1.807, 2.05) is 51.1 Å². The van der Waals surface area contributed by atoms with E-state index < -0.39 is 0 Å². The van der Waals surface area contributed by atoms with Crippen LogP contribution in [-0.4, -0.2) is 17.6 Å². The highest BCUT2D eigenvalue weighted by atomic mass is 16.5. The summed E-state index contributed by atoms with van der Waals surface area (Å²) in [6.07, 6.45) is 0.785. The predicted octanol–water partition coefficient (Wildman–Crippen LogP) is 4.15. The Bertz CT molecular complexity index is 897. The highest BCUT2D eigenvalue weighted by Gasteiger charge is 2.15. The number of benzene rings is 2. The van der Waals surface area contributed by atoms with Crippen molar-refractivity contribution in [1.82, 2.24) is 10.5 Å². The molecule has 27 heavy (non-hydrogen) atoms. The van der Waals surface area contributed by atoms with Crippen LogP contribution in [0.2, 0.25) is 0 Å². The van der Waals surface area contributed by atoms with Crippen molar-refractivity contribution >= 4 is 5.91 Å². The Balaban J connectivity index is 1.66. The molecule has 0 saturated carbocycles. The molecule has 5 heteroatoms. The highest BCUT2D eigenvalue weighted by Crippen LogP contribution is 2.23. The summed E-state index contributed by atoms with van der Waals surface area (Å²) >= 11 is 0. The van der Waals surface area contributed by atoms with E-state index in [2.05, 4.69) is 22.6 Å². The van der Waals surface area contributed by atoms with Crippen molar-refractivity contribution in [2.45, 2.75) is 33.8 Å². The second-order valence-corrected chi connectivity index (χ2v) is 6.58. The van der Waals surface area contributed by atoms with E-state index >= 15 is 0 Å². The summed E-state index contributed by atoms with van der Waals surface area (Å²) in [4.78, 5) is 12.6. The number of amides is 1. The number of hydrogen-bond acceptors (Lipinski definition) is 4. The van der Waals surface area contributed by atoms with Gasteiger partial charge in [-0.25, -0.2) is 0 Å². The van der Waals surface area contributed by atoms with Crippen molar-refractivity contribution < 1.29 is 14.1 Å². The fourth-order valence-corrected chi connectivity index (χ4v) is 2.85. The summed E-state index contributed by atoms with van der Waals surface area (Å²) in [5.74, 6) is 1.15. The molecule has 1 heterocycles. The zero-order valence-electron chi connectivity index (χ0n) is 15.9. The van der Waals surface area contributed by atoms with Gasteiger partial charge in [0.15, 0.2) is 0 Å². The number of nitrogens with zero attached hydrogens (tertiary/aromatic N) is 1. The van der Waals surface area contributed by atoms with Crippen molar-refractivity contribution in [2.75, 3.05) is 6.54 Å².